The van der Waals surface area contributed by atoms with Crippen molar-refractivity contribution in [1.82, 2.24) is 19.8 Å². The summed E-state index contributed by atoms with van der Waals surface area (Å²) in [7, 11) is -3.53. The predicted molar refractivity (Wildman–Crippen MR) is 82.5 cm³/mol. The number of sulfonamides is 1. The van der Waals surface area contributed by atoms with E-state index in [1.165, 1.54) is 17.1 Å². The van der Waals surface area contributed by atoms with Crippen molar-refractivity contribution in [1.29, 1.82) is 0 Å². The smallest absolute Gasteiger partial charge is 0.262 e. The number of hydrogen-bond donors (Lipinski definition) is 2. The molecule has 21 heavy (non-hydrogen) atoms. The van der Waals surface area contributed by atoms with Gasteiger partial charge in [0.1, 0.15) is 0 Å². The highest BCUT2D eigenvalue weighted by Crippen LogP contribution is 2.24. The minimum absolute atomic E-state index is 0.177. The average Bonchev–Trinajstić information content (AvgIpc) is 3.16. The molecular formula is C14H26N4O2S. The molecule has 0 bridgehead atoms. The van der Waals surface area contributed by atoms with Gasteiger partial charge in [-0.1, -0.05) is 20.8 Å². The number of aryl methyl sites for hydroxylation is 1. The normalized spacial score (nSPS) is 16.1. The molecule has 2 rings (SSSR count). The molecule has 0 aromatic carbocycles. The molecule has 1 saturated carbocycles. The van der Waals surface area contributed by atoms with Crippen LogP contribution >= 0.6 is 0 Å². The Kier molecular flexibility index (Phi) is 5.06. The molecule has 0 spiro atoms. The monoisotopic (exact) mass is 314 g/mol. The van der Waals surface area contributed by atoms with Crippen molar-refractivity contribution in [3.63, 3.8) is 0 Å². The van der Waals surface area contributed by atoms with Gasteiger partial charge in [0.15, 0.2) is 5.03 Å². The van der Waals surface area contributed by atoms with E-state index in [9.17, 15) is 8.42 Å². The van der Waals surface area contributed by atoms with Crippen LogP contribution in [0.4, 0.5) is 0 Å². The van der Waals surface area contributed by atoms with Gasteiger partial charge >= 0.3 is 0 Å². The van der Waals surface area contributed by atoms with Crippen molar-refractivity contribution in [2.45, 2.75) is 58.1 Å². The van der Waals surface area contributed by atoms with Crippen LogP contribution in [-0.4, -0.2) is 42.1 Å². The lowest BCUT2D eigenvalue weighted by Crippen LogP contribution is -2.35. The zero-order valence-electron chi connectivity index (χ0n) is 13.3. The van der Waals surface area contributed by atoms with Gasteiger partial charge in [0.05, 0.1) is 0 Å². The number of hydrogen-bond acceptors (Lipinski definition) is 4. The Bertz CT molecular complexity index is 576. The van der Waals surface area contributed by atoms with E-state index in [-0.39, 0.29) is 10.9 Å². The summed E-state index contributed by atoms with van der Waals surface area (Å²) in [6.45, 7) is 9.30. The Hall–Kier alpha value is -0.920. The summed E-state index contributed by atoms with van der Waals surface area (Å²) in [6, 6.07) is 0.535. The second-order valence-corrected chi connectivity index (χ2v) is 7.99. The van der Waals surface area contributed by atoms with Crippen LogP contribution in [0.2, 0.25) is 0 Å². The van der Waals surface area contributed by atoms with Crippen molar-refractivity contribution in [2.24, 2.45) is 5.92 Å². The maximum atomic E-state index is 12.8. The van der Waals surface area contributed by atoms with E-state index < -0.39 is 10.0 Å². The fourth-order valence-electron chi connectivity index (χ4n) is 2.31. The molecule has 7 heteroatoms. The molecule has 1 aromatic rings. The molecule has 1 heterocycles. The third-order valence-electron chi connectivity index (χ3n) is 3.69. The van der Waals surface area contributed by atoms with Crippen molar-refractivity contribution in [3.8, 4) is 0 Å². The van der Waals surface area contributed by atoms with E-state index in [1.54, 1.807) is 0 Å². The van der Waals surface area contributed by atoms with Crippen molar-refractivity contribution in [2.75, 3.05) is 13.1 Å². The largest absolute Gasteiger partial charge is 0.310 e. The Morgan fingerprint density at radius 3 is 2.62 bits per heavy atom. The molecule has 2 N–H and O–H groups in total. The van der Waals surface area contributed by atoms with Gasteiger partial charge in [0, 0.05) is 36.9 Å². The maximum absolute atomic E-state index is 12.8. The number of nitrogens with zero attached hydrogens (tertiary/aromatic N) is 2. The van der Waals surface area contributed by atoms with E-state index in [2.05, 4.69) is 15.5 Å². The van der Waals surface area contributed by atoms with Crippen LogP contribution in [0.25, 0.3) is 0 Å². The Labute approximate surface area is 127 Å². The Morgan fingerprint density at radius 1 is 1.43 bits per heavy atom. The van der Waals surface area contributed by atoms with Gasteiger partial charge in [-0.3, -0.25) is 5.10 Å². The first kappa shape index (κ1) is 16.5. The minimum Gasteiger partial charge on any atom is -0.310 e. The van der Waals surface area contributed by atoms with Crippen LogP contribution in [0.1, 0.15) is 44.9 Å². The second kappa shape index (κ2) is 6.46. The fourth-order valence-corrected chi connectivity index (χ4v) is 4.09. The van der Waals surface area contributed by atoms with Gasteiger partial charge in [0.25, 0.3) is 10.0 Å². The summed E-state index contributed by atoms with van der Waals surface area (Å²) < 4.78 is 27.1. The quantitative estimate of drug-likeness (QED) is 0.764. The van der Waals surface area contributed by atoms with Crippen molar-refractivity contribution in [3.05, 3.63) is 11.3 Å². The highest BCUT2D eigenvalue weighted by atomic mass is 32.2. The third-order valence-corrected chi connectivity index (χ3v) is 5.60. The van der Waals surface area contributed by atoms with Gasteiger partial charge in [-0.15, -0.1) is 0 Å². The van der Waals surface area contributed by atoms with Gasteiger partial charge in [-0.05, 0) is 25.7 Å². The summed E-state index contributed by atoms with van der Waals surface area (Å²) in [5.41, 5.74) is 1.59. The number of nitrogens with one attached hydrogen (secondary N) is 2. The Balaban J connectivity index is 2.25. The van der Waals surface area contributed by atoms with Crippen LogP contribution in [0.15, 0.2) is 5.03 Å². The topological polar surface area (TPSA) is 78.1 Å². The molecule has 120 valence electrons. The van der Waals surface area contributed by atoms with E-state index in [0.29, 0.717) is 25.7 Å². The van der Waals surface area contributed by atoms with E-state index in [4.69, 9.17) is 0 Å². The summed E-state index contributed by atoms with van der Waals surface area (Å²) in [4.78, 5) is 0. The van der Waals surface area contributed by atoms with Gasteiger partial charge in [-0.2, -0.15) is 9.40 Å². The van der Waals surface area contributed by atoms with Crippen molar-refractivity contribution < 1.29 is 8.42 Å². The standard InChI is InChI=1S/C14H26N4O2S/c1-5-18(9-10(2)3)21(19,20)14-13(11(4)16-17-14)8-15-12-6-7-12/h10,12,15H,5-9H2,1-4H3,(H,16,17). The maximum Gasteiger partial charge on any atom is 0.262 e. The Morgan fingerprint density at radius 2 is 2.10 bits per heavy atom. The van der Waals surface area contributed by atoms with Crippen LogP contribution in [0.5, 0.6) is 0 Å². The number of H-pyrrole nitrogens is 1. The van der Waals surface area contributed by atoms with Gasteiger partial charge < -0.3 is 5.32 Å². The van der Waals surface area contributed by atoms with Gasteiger partial charge in [0.2, 0.25) is 0 Å². The van der Waals surface area contributed by atoms with Crippen LogP contribution in [-0.2, 0) is 16.6 Å². The SMILES string of the molecule is CCN(CC(C)C)S(=O)(=O)c1n[nH]c(C)c1CNC1CC1. The predicted octanol–water partition coefficient (Wildman–Crippen LogP) is 1.64. The van der Waals surface area contributed by atoms with E-state index in [0.717, 1.165) is 11.3 Å². The van der Waals surface area contributed by atoms with Gasteiger partial charge in [-0.25, -0.2) is 8.42 Å². The molecule has 0 aliphatic heterocycles. The van der Waals surface area contributed by atoms with Crippen LogP contribution in [0.3, 0.4) is 0 Å². The van der Waals surface area contributed by atoms with Crippen molar-refractivity contribution >= 4 is 10.0 Å². The molecule has 0 unspecified atom stereocenters. The molecular weight excluding hydrogens is 288 g/mol. The highest BCUT2D eigenvalue weighted by Gasteiger charge is 2.31. The number of aromatic amines is 1. The average molecular weight is 314 g/mol. The zero-order valence-corrected chi connectivity index (χ0v) is 14.1. The summed E-state index contributed by atoms with van der Waals surface area (Å²) in [5.74, 6) is 0.285. The first-order valence-corrected chi connectivity index (χ1v) is 9.07. The van der Waals surface area contributed by atoms with E-state index in [1.807, 2.05) is 27.7 Å². The first-order valence-electron chi connectivity index (χ1n) is 7.63. The second-order valence-electron chi connectivity index (χ2n) is 6.14. The molecule has 1 aromatic heterocycles. The fraction of sp³-hybridized carbons (Fsp3) is 0.786. The lowest BCUT2D eigenvalue weighted by Gasteiger charge is -2.21. The molecule has 0 saturated heterocycles. The molecule has 0 amide bonds. The molecule has 0 radical (unpaired) electrons. The van der Waals surface area contributed by atoms with Crippen LogP contribution < -0.4 is 5.32 Å². The lowest BCUT2D eigenvalue weighted by atomic mass is 10.2. The number of aromatic nitrogens is 2. The summed E-state index contributed by atoms with van der Waals surface area (Å²) in [6.07, 6.45) is 2.35. The lowest BCUT2D eigenvalue weighted by molar-refractivity contribution is 0.379. The zero-order chi connectivity index (χ0) is 15.6. The molecule has 6 nitrogen and oxygen atoms in total. The molecule has 0 atom stereocenters. The van der Waals surface area contributed by atoms with E-state index >= 15 is 0 Å². The summed E-state index contributed by atoms with van der Waals surface area (Å²) in [5, 5.41) is 10.4. The third kappa shape index (κ3) is 3.84. The van der Waals surface area contributed by atoms with Crippen LogP contribution in [0, 0.1) is 12.8 Å². The highest BCUT2D eigenvalue weighted by molar-refractivity contribution is 7.89. The minimum atomic E-state index is -3.53. The number of rotatable bonds is 8. The summed E-state index contributed by atoms with van der Waals surface area (Å²) >= 11 is 0. The molecule has 1 aliphatic rings. The first-order chi connectivity index (χ1) is 9.86. The molecule has 1 fully saturated rings. The molecule has 1 aliphatic carbocycles.